The Balaban J connectivity index is 0.00000121. The molecule has 0 N–H and O–H groups in total. The van der Waals surface area contributed by atoms with E-state index in [0.717, 1.165) is 16.3 Å². The summed E-state index contributed by atoms with van der Waals surface area (Å²) in [5, 5.41) is 3.60. The second-order valence-corrected chi connectivity index (χ2v) is 7.07. The predicted octanol–water partition coefficient (Wildman–Crippen LogP) is -0.925. The van der Waals surface area contributed by atoms with Gasteiger partial charge < -0.3 is 24.8 Å². The Kier molecular flexibility index (Phi) is 8.86. The third-order valence-electron chi connectivity index (χ3n) is 4.53. The Bertz CT molecular complexity index is 1050. The van der Waals surface area contributed by atoms with Crippen LogP contribution in [-0.2, 0) is 31.6 Å². The molecule has 1 radical (unpaired) electrons. The van der Waals surface area contributed by atoms with E-state index in [-0.39, 0.29) is 56.4 Å². The summed E-state index contributed by atoms with van der Waals surface area (Å²) in [6, 6.07) is 22.4. The average molecular weight is 512 g/mol. The third-order valence-corrected chi connectivity index (χ3v) is 5.08. The molecule has 0 nitrogen and oxygen atoms in total. The molecule has 0 amide bonds. The van der Waals surface area contributed by atoms with E-state index in [4.69, 9.17) is 23.2 Å². The Morgan fingerprint density at radius 3 is 2.19 bits per heavy atom. The van der Waals surface area contributed by atoms with Gasteiger partial charge in [-0.05, 0) is 28.7 Å². The van der Waals surface area contributed by atoms with Crippen molar-refractivity contribution in [2.75, 3.05) is 0 Å². The van der Waals surface area contributed by atoms with E-state index in [1.165, 1.54) is 10.8 Å². The van der Waals surface area contributed by atoms with Crippen LogP contribution in [0.4, 0.5) is 0 Å². The molecule has 4 rings (SSSR count). The summed E-state index contributed by atoms with van der Waals surface area (Å²) in [5.74, 6) is 0. The maximum absolute atomic E-state index is 6.44. The Hall–Kier alpha value is -0.557. The summed E-state index contributed by atoms with van der Waals surface area (Å²) in [7, 11) is 0. The summed E-state index contributed by atoms with van der Waals surface area (Å²) in [4.78, 5) is 0. The monoisotopic (exact) mass is 509 g/mol. The molecule has 0 aromatic heterocycles. The number of fused-ring (bicyclic) bond motifs is 1. The van der Waals surface area contributed by atoms with Gasteiger partial charge in [0.1, 0.15) is 0 Å². The molecule has 27 heavy (non-hydrogen) atoms. The van der Waals surface area contributed by atoms with Gasteiger partial charge in [0.15, 0.2) is 0 Å². The molecule has 0 aliphatic heterocycles. The van der Waals surface area contributed by atoms with Crippen molar-refractivity contribution in [2.45, 2.75) is 12.3 Å². The van der Waals surface area contributed by atoms with E-state index < -0.39 is 0 Å². The van der Waals surface area contributed by atoms with E-state index in [1.54, 1.807) is 6.07 Å². The van der Waals surface area contributed by atoms with Gasteiger partial charge in [0.2, 0.25) is 0 Å². The molecule has 1 atom stereocenters. The first-order valence-corrected chi connectivity index (χ1v) is 8.60. The third kappa shape index (κ3) is 4.72. The van der Waals surface area contributed by atoms with Crippen molar-refractivity contribution < 1.29 is 51.0 Å². The molecule has 0 spiro atoms. The number of benzene rings is 3. The van der Waals surface area contributed by atoms with Crippen molar-refractivity contribution in [1.29, 1.82) is 0 Å². The second-order valence-electron chi connectivity index (χ2n) is 6.23. The molecule has 0 heterocycles. The fraction of sp³-hybridized carbons (Fsp3) is 0.0909. The summed E-state index contributed by atoms with van der Waals surface area (Å²) >= 11 is 12.5. The van der Waals surface area contributed by atoms with Crippen LogP contribution in [0.1, 0.15) is 12.5 Å². The Labute approximate surface area is 201 Å². The van der Waals surface area contributed by atoms with Gasteiger partial charge >= 0.3 is 26.2 Å². The van der Waals surface area contributed by atoms with Gasteiger partial charge in [-0.2, -0.15) is 17.4 Å². The van der Waals surface area contributed by atoms with Crippen LogP contribution in [0.2, 0.25) is 10.0 Å². The van der Waals surface area contributed by atoms with Gasteiger partial charge in [-0.25, -0.2) is 0 Å². The normalized spacial score (nSPS) is 16.6. The van der Waals surface area contributed by atoms with Gasteiger partial charge in [-0.1, -0.05) is 78.2 Å². The topological polar surface area (TPSA) is 0 Å². The van der Waals surface area contributed by atoms with E-state index in [0.29, 0.717) is 10.0 Å². The van der Waals surface area contributed by atoms with Crippen LogP contribution < -0.4 is 35.3 Å². The molecule has 135 valence electrons. The first-order chi connectivity index (χ1) is 11.6. The number of rotatable bonds is 2. The molecule has 3 aromatic rings. The molecule has 0 saturated carbocycles. The molecule has 0 saturated heterocycles. The molecule has 0 fully saturated rings. The summed E-state index contributed by atoms with van der Waals surface area (Å²) in [6.45, 7) is 2.19. The van der Waals surface area contributed by atoms with E-state index in [2.05, 4.69) is 61.5 Å². The standard InChI is InChI=1S/C22H15Cl2.2ClH.Zr/c1-22(16-7-3-2-4-8-16)13-15-6-5-9-18(20(15)14-22)19-11-10-17(23)12-21(19)24;;;/h2-12,14H,1H3;2*1H;/q-1;;;+3/p-2. The summed E-state index contributed by atoms with van der Waals surface area (Å²) in [6.07, 6.45) is 5.92. The van der Waals surface area contributed by atoms with Crippen molar-refractivity contribution >= 4 is 35.4 Å². The smallest absolute Gasteiger partial charge is 1.00 e. The van der Waals surface area contributed by atoms with Crippen LogP contribution >= 0.6 is 23.2 Å². The minimum absolute atomic E-state index is 0. The quantitative estimate of drug-likeness (QED) is 0.390. The second kappa shape index (κ2) is 9.77. The maximum atomic E-state index is 6.44. The minimum Gasteiger partial charge on any atom is -1.00 e. The molecule has 5 heteroatoms. The van der Waals surface area contributed by atoms with Crippen LogP contribution in [0.3, 0.4) is 0 Å². The molecule has 1 unspecified atom stereocenters. The van der Waals surface area contributed by atoms with Gasteiger partial charge in [0.25, 0.3) is 0 Å². The van der Waals surface area contributed by atoms with E-state index in [9.17, 15) is 0 Å². The first kappa shape index (κ1) is 24.5. The Morgan fingerprint density at radius 2 is 1.52 bits per heavy atom. The van der Waals surface area contributed by atoms with Crippen LogP contribution in [0.15, 0.2) is 66.7 Å². The maximum Gasteiger partial charge on any atom is 3.00 e. The fourth-order valence-electron chi connectivity index (χ4n) is 3.32. The molecule has 0 bridgehead atoms. The minimum atomic E-state index is -0.238. The van der Waals surface area contributed by atoms with Gasteiger partial charge in [-0.3, -0.25) is 0 Å². The van der Waals surface area contributed by atoms with E-state index >= 15 is 0 Å². The van der Waals surface area contributed by atoms with Crippen LogP contribution in [-0.4, -0.2) is 0 Å². The molecule has 3 aromatic carbocycles. The zero-order valence-electron chi connectivity index (χ0n) is 14.4. The Morgan fingerprint density at radius 1 is 0.815 bits per heavy atom. The predicted molar refractivity (Wildman–Crippen MR) is 103 cm³/mol. The number of hydrogen-bond donors (Lipinski definition) is 0. The van der Waals surface area contributed by atoms with Crippen molar-refractivity contribution in [1.82, 2.24) is 0 Å². The number of halogens is 4. The van der Waals surface area contributed by atoms with Crippen molar-refractivity contribution in [3.05, 3.63) is 92.8 Å². The first-order valence-electron chi connectivity index (χ1n) is 7.85. The zero-order chi connectivity index (χ0) is 16.7. The molecule has 1 aliphatic carbocycles. The van der Waals surface area contributed by atoms with Crippen molar-refractivity contribution in [2.24, 2.45) is 0 Å². The fourth-order valence-corrected chi connectivity index (χ4v) is 3.83. The largest absolute Gasteiger partial charge is 3.00 e. The van der Waals surface area contributed by atoms with Crippen molar-refractivity contribution in [3.8, 4) is 11.1 Å². The van der Waals surface area contributed by atoms with Gasteiger partial charge in [-0.15, -0.1) is 17.4 Å². The summed E-state index contributed by atoms with van der Waals surface area (Å²) in [5.41, 5.74) is 3.10. The SMILES string of the molecule is CC1(c2ccccc2)[C-]=c2cccc(-c3ccc(Cl)cc3Cl)c2=C1.[Cl-].[Cl-].[Zr+3]. The average Bonchev–Trinajstić information content (AvgIpc) is 2.94. The van der Waals surface area contributed by atoms with Gasteiger partial charge in [0.05, 0.1) is 0 Å². The van der Waals surface area contributed by atoms with Crippen LogP contribution in [0.25, 0.3) is 23.3 Å². The molecular formula is C22H15Cl4Zr. The van der Waals surface area contributed by atoms with Crippen LogP contribution in [0.5, 0.6) is 0 Å². The van der Waals surface area contributed by atoms with E-state index in [1.807, 2.05) is 18.2 Å². The molecular weight excluding hydrogens is 497 g/mol. The molecule has 1 aliphatic rings. The van der Waals surface area contributed by atoms with Crippen LogP contribution in [0, 0.1) is 0 Å². The summed E-state index contributed by atoms with van der Waals surface area (Å²) < 4.78 is 0. The number of hydrogen-bond acceptors (Lipinski definition) is 0. The zero-order valence-corrected chi connectivity index (χ0v) is 19.9. The van der Waals surface area contributed by atoms with Gasteiger partial charge in [0, 0.05) is 10.0 Å². The van der Waals surface area contributed by atoms with Crippen molar-refractivity contribution in [3.63, 3.8) is 0 Å².